The van der Waals surface area contributed by atoms with Crippen molar-refractivity contribution in [3.05, 3.63) is 16.6 Å². The quantitative estimate of drug-likeness (QED) is 0.909. The minimum atomic E-state index is -2.97. The Kier molecular flexibility index (Phi) is 4.33. The van der Waals surface area contributed by atoms with E-state index in [0.29, 0.717) is 0 Å². The van der Waals surface area contributed by atoms with Gasteiger partial charge in [-0.05, 0) is 13.3 Å². The first kappa shape index (κ1) is 15.2. The Labute approximate surface area is 123 Å². The van der Waals surface area contributed by atoms with Crippen molar-refractivity contribution in [1.29, 1.82) is 0 Å². The lowest BCUT2D eigenvalue weighted by atomic mass is 10.0. The second kappa shape index (κ2) is 5.69. The van der Waals surface area contributed by atoms with Gasteiger partial charge in [0.15, 0.2) is 9.84 Å². The number of carbonyl (C=O) groups excluding carboxylic acids is 1. The second-order valence-corrected chi connectivity index (χ2v) is 8.29. The molecule has 1 N–H and O–H groups in total. The fourth-order valence-electron chi connectivity index (χ4n) is 2.02. The molecule has 1 aromatic rings. The zero-order chi connectivity index (χ0) is 14.8. The molecule has 0 bridgehead atoms. The van der Waals surface area contributed by atoms with E-state index in [4.69, 9.17) is 0 Å². The molecule has 2 amide bonds. The van der Waals surface area contributed by atoms with Crippen LogP contribution in [0.25, 0.3) is 0 Å². The van der Waals surface area contributed by atoms with Crippen molar-refractivity contribution in [3.8, 4) is 0 Å². The maximum absolute atomic E-state index is 12.3. The van der Waals surface area contributed by atoms with Crippen LogP contribution in [0.1, 0.15) is 25.3 Å². The zero-order valence-electron chi connectivity index (χ0n) is 11.6. The predicted molar refractivity (Wildman–Crippen MR) is 78.5 cm³/mol. The average molecular weight is 317 g/mol. The summed E-state index contributed by atoms with van der Waals surface area (Å²) < 4.78 is 22.8. The lowest BCUT2D eigenvalue weighted by molar-refractivity contribution is 0.187. The molecule has 0 saturated carbocycles. The van der Waals surface area contributed by atoms with Gasteiger partial charge in [0.2, 0.25) is 0 Å². The first-order chi connectivity index (χ1) is 9.36. The average Bonchev–Trinajstić information content (AvgIpc) is 2.92. The SMILES string of the molecule is CCC(C)(NC(=O)N1CCS(=O)(=O)CC1)c1nccs1. The Hall–Kier alpha value is -1.15. The van der Waals surface area contributed by atoms with E-state index in [1.165, 1.54) is 11.3 Å². The lowest BCUT2D eigenvalue weighted by Gasteiger charge is -2.33. The summed E-state index contributed by atoms with van der Waals surface area (Å²) in [6.45, 7) is 4.43. The highest BCUT2D eigenvalue weighted by molar-refractivity contribution is 7.91. The van der Waals surface area contributed by atoms with Crippen molar-refractivity contribution in [2.75, 3.05) is 24.6 Å². The van der Waals surface area contributed by atoms with Gasteiger partial charge in [0, 0.05) is 24.7 Å². The van der Waals surface area contributed by atoms with Crippen LogP contribution < -0.4 is 5.32 Å². The van der Waals surface area contributed by atoms with Crippen LogP contribution in [-0.2, 0) is 15.4 Å². The molecular formula is C12H19N3O3S2. The minimum Gasteiger partial charge on any atom is -0.326 e. The minimum absolute atomic E-state index is 0.0422. The monoisotopic (exact) mass is 317 g/mol. The Morgan fingerprint density at radius 3 is 2.65 bits per heavy atom. The maximum atomic E-state index is 12.3. The Morgan fingerprint density at radius 1 is 1.50 bits per heavy atom. The van der Waals surface area contributed by atoms with E-state index in [-0.39, 0.29) is 30.6 Å². The molecule has 8 heteroatoms. The summed E-state index contributed by atoms with van der Waals surface area (Å²) in [5.74, 6) is 0.0843. The summed E-state index contributed by atoms with van der Waals surface area (Å²) in [7, 11) is -2.97. The number of sulfone groups is 1. The van der Waals surface area contributed by atoms with Gasteiger partial charge >= 0.3 is 6.03 Å². The molecule has 0 aliphatic carbocycles. The molecule has 2 rings (SSSR count). The molecule has 1 fully saturated rings. The first-order valence-electron chi connectivity index (χ1n) is 6.54. The standard InChI is InChI=1S/C12H19N3O3S2/c1-3-12(2,10-13-4-7-19-10)14-11(16)15-5-8-20(17,18)9-6-15/h4,7H,3,5-6,8-9H2,1-2H3,(H,14,16). The molecule has 0 radical (unpaired) electrons. The van der Waals surface area contributed by atoms with E-state index in [1.54, 1.807) is 11.1 Å². The van der Waals surface area contributed by atoms with E-state index in [0.717, 1.165) is 11.4 Å². The van der Waals surface area contributed by atoms with E-state index >= 15 is 0 Å². The summed E-state index contributed by atoms with van der Waals surface area (Å²) in [6.07, 6.45) is 2.44. The van der Waals surface area contributed by atoms with Gasteiger partial charge in [-0.15, -0.1) is 11.3 Å². The Balaban J connectivity index is 2.04. The largest absolute Gasteiger partial charge is 0.326 e. The molecule has 1 unspecified atom stereocenters. The summed E-state index contributed by atoms with van der Waals surface area (Å²) in [4.78, 5) is 18.1. The zero-order valence-corrected chi connectivity index (χ0v) is 13.3. The smallest absolute Gasteiger partial charge is 0.318 e. The van der Waals surface area contributed by atoms with Crippen LogP contribution in [0.2, 0.25) is 0 Å². The number of urea groups is 1. The van der Waals surface area contributed by atoms with Gasteiger partial charge < -0.3 is 10.2 Å². The molecule has 1 saturated heterocycles. The summed E-state index contributed by atoms with van der Waals surface area (Å²) >= 11 is 1.50. The summed E-state index contributed by atoms with van der Waals surface area (Å²) in [5.41, 5.74) is -0.512. The van der Waals surface area contributed by atoms with Gasteiger partial charge in [0.25, 0.3) is 0 Å². The molecule has 1 aliphatic rings. The van der Waals surface area contributed by atoms with Crippen molar-refractivity contribution >= 4 is 27.2 Å². The van der Waals surface area contributed by atoms with Crippen molar-refractivity contribution in [2.24, 2.45) is 0 Å². The van der Waals surface area contributed by atoms with Crippen molar-refractivity contribution < 1.29 is 13.2 Å². The molecule has 1 atom stereocenters. The molecule has 0 spiro atoms. The molecule has 2 heterocycles. The Morgan fingerprint density at radius 2 is 2.15 bits per heavy atom. The lowest BCUT2D eigenvalue weighted by Crippen LogP contribution is -2.53. The van der Waals surface area contributed by atoms with Gasteiger partial charge in [-0.3, -0.25) is 0 Å². The van der Waals surface area contributed by atoms with E-state index < -0.39 is 15.4 Å². The topological polar surface area (TPSA) is 79.4 Å². The molecule has 20 heavy (non-hydrogen) atoms. The van der Waals surface area contributed by atoms with E-state index in [2.05, 4.69) is 10.3 Å². The fourth-order valence-corrected chi connectivity index (χ4v) is 4.05. The number of nitrogens with one attached hydrogen (secondary N) is 1. The highest BCUT2D eigenvalue weighted by Gasteiger charge is 2.32. The first-order valence-corrected chi connectivity index (χ1v) is 9.24. The fraction of sp³-hybridized carbons (Fsp3) is 0.667. The predicted octanol–water partition coefficient (Wildman–Crippen LogP) is 1.21. The van der Waals surface area contributed by atoms with Crippen LogP contribution in [0.3, 0.4) is 0 Å². The molecule has 6 nitrogen and oxygen atoms in total. The normalized spacial score (nSPS) is 21.2. The highest BCUT2D eigenvalue weighted by atomic mass is 32.2. The second-order valence-electron chi connectivity index (χ2n) is 5.09. The number of thiazole rings is 1. The number of hydrogen-bond acceptors (Lipinski definition) is 5. The van der Waals surface area contributed by atoms with Crippen LogP contribution in [-0.4, -0.2) is 48.9 Å². The summed E-state index contributed by atoms with van der Waals surface area (Å²) in [6, 6.07) is -0.223. The molecular weight excluding hydrogens is 298 g/mol. The van der Waals surface area contributed by atoms with Crippen LogP contribution >= 0.6 is 11.3 Å². The Bertz CT molecular complexity index is 557. The van der Waals surface area contributed by atoms with Gasteiger partial charge in [-0.25, -0.2) is 18.2 Å². The van der Waals surface area contributed by atoms with Crippen LogP contribution in [0.5, 0.6) is 0 Å². The van der Waals surface area contributed by atoms with Crippen molar-refractivity contribution in [1.82, 2.24) is 15.2 Å². The third kappa shape index (κ3) is 3.29. The van der Waals surface area contributed by atoms with Crippen molar-refractivity contribution in [3.63, 3.8) is 0 Å². The highest BCUT2D eigenvalue weighted by Crippen LogP contribution is 2.26. The van der Waals surface area contributed by atoms with Crippen LogP contribution in [0.4, 0.5) is 4.79 Å². The van der Waals surface area contributed by atoms with Gasteiger partial charge in [-0.1, -0.05) is 6.92 Å². The number of aromatic nitrogens is 1. The molecule has 1 aliphatic heterocycles. The maximum Gasteiger partial charge on any atom is 0.318 e. The molecule has 0 aromatic carbocycles. The van der Waals surface area contributed by atoms with E-state index in [9.17, 15) is 13.2 Å². The van der Waals surface area contributed by atoms with Crippen LogP contribution in [0, 0.1) is 0 Å². The molecule has 112 valence electrons. The van der Waals surface area contributed by atoms with Gasteiger partial charge in [0.1, 0.15) is 5.01 Å². The van der Waals surface area contributed by atoms with Gasteiger partial charge in [0.05, 0.1) is 17.0 Å². The van der Waals surface area contributed by atoms with Crippen molar-refractivity contribution in [2.45, 2.75) is 25.8 Å². The number of nitrogens with zero attached hydrogens (tertiary/aromatic N) is 2. The number of hydrogen-bond donors (Lipinski definition) is 1. The number of rotatable bonds is 3. The number of carbonyl (C=O) groups is 1. The summed E-state index contributed by atoms with van der Waals surface area (Å²) in [5, 5.41) is 5.72. The third-order valence-corrected chi connectivity index (χ3v) is 6.27. The third-order valence-electron chi connectivity index (χ3n) is 3.63. The van der Waals surface area contributed by atoms with E-state index in [1.807, 2.05) is 19.2 Å². The molecule has 1 aromatic heterocycles. The van der Waals surface area contributed by atoms with Gasteiger partial charge in [-0.2, -0.15) is 0 Å². The number of amides is 2. The van der Waals surface area contributed by atoms with Crippen LogP contribution in [0.15, 0.2) is 11.6 Å².